The Morgan fingerprint density at radius 1 is 1.18 bits per heavy atom. The maximum absolute atomic E-state index is 13.2. The van der Waals surface area contributed by atoms with Crippen LogP contribution in [0.3, 0.4) is 0 Å². The molecule has 0 aliphatic carbocycles. The topological polar surface area (TPSA) is 76.2 Å². The molecule has 1 aromatic carbocycles. The summed E-state index contributed by atoms with van der Waals surface area (Å²) in [4.78, 5) is 40.2. The average molecular weight is 386 g/mol. The minimum atomic E-state index is -0.731. The van der Waals surface area contributed by atoms with Crippen LogP contribution in [0.2, 0.25) is 0 Å². The molecule has 0 saturated heterocycles. The van der Waals surface area contributed by atoms with Crippen LogP contribution in [-0.4, -0.2) is 60.1 Å². The van der Waals surface area contributed by atoms with E-state index in [1.807, 2.05) is 24.3 Å². The Bertz CT molecular complexity index is 755. The molecule has 0 saturated carbocycles. The molecule has 28 heavy (non-hydrogen) atoms. The lowest BCUT2D eigenvalue weighted by molar-refractivity contribution is -0.149. The second-order valence-corrected chi connectivity index (χ2v) is 6.33. The van der Waals surface area contributed by atoms with Crippen molar-refractivity contribution < 1.29 is 23.9 Å². The molecule has 1 atom stereocenters. The van der Waals surface area contributed by atoms with Crippen LogP contribution in [0.5, 0.6) is 0 Å². The lowest BCUT2D eigenvalue weighted by Crippen LogP contribution is -2.54. The van der Waals surface area contributed by atoms with Crippen LogP contribution in [0.1, 0.15) is 31.4 Å². The van der Waals surface area contributed by atoms with Crippen molar-refractivity contribution in [1.29, 1.82) is 0 Å². The second-order valence-electron chi connectivity index (χ2n) is 6.33. The van der Waals surface area contributed by atoms with Gasteiger partial charge in [-0.25, -0.2) is 9.59 Å². The first-order chi connectivity index (χ1) is 13.5. The minimum absolute atomic E-state index is 0.0337. The zero-order valence-electron chi connectivity index (χ0n) is 16.3. The number of esters is 2. The Morgan fingerprint density at radius 3 is 2.50 bits per heavy atom. The van der Waals surface area contributed by atoms with Gasteiger partial charge in [0, 0.05) is 19.5 Å². The molecule has 0 bridgehead atoms. The highest BCUT2D eigenvalue weighted by Gasteiger charge is 2.37. The van der Waals surface area contributed by atoms with Gasteiger partial charge in [0.05, 0.1) is 26.2 Å². The molecular weight excluding hydrogens is 360 g/mol. The lowest BCUT2D eigenvalue weighted by atomic mass is 9.94. The summed E-state index contributed by atoms with van der Waals surface area (Å²) in [6, 6.07) is 6.55. The third kappa shape index (κ3) is 5.26. The van der Waals surface area contributed by atoms with Gasteiger partial charge in [-0.1, -0.05) is 30.2 Å². The first kappa shape index (κ1) is 21.3. The van der Waals surface area contributed by atoms with Crippen LogP contribution in [0.15, 0.2) is 24.3 Å². The molecular formula is C21H26N2O5. The standard InChI is InChI=1S/C21H26N2O5/c1-4-12-22(13-11-19(24)27-5-2)21(26)23-15-17-10-8-7-9-16(17)14-18(23)20(25)28-6-3/h1,7-10,18H,5-6,11-15H2,2-3H3/t18-/m0/s1. The van der Waals surface area contributed by atoms with E-state index in [0.29, 0.717) is 6.42 Å². The molecule has 7 heteroatoms. The molecule has 2 rings (SSSR count). The van der Waals surface area contributed by atoms with Gasteiger partial charge in [0.2, 0.25) is 0 Å². The van der Waals surface area contributed by atoms with Crippen molar-refractivity contribution in [3.63, 3.8) is 0 Å². The molecule has 7 nitrogen and oxygen atoms in total. The minimum Gasteiger partial charge on any atom is -0.466 e. The number of fused-ring (bicyclic) bond motifs is 1. The average Bonchev–Trinajstić information content (AvgIpc) is 2.70. The SMILES string of the molecule is C#CCN(CCC(=O)OCC)C(=O)N1Cc2ccccc2C[C@H]1C(=O)OCC. The van der Waals surface area contributed by atoms with Crippen molar-refractivity contribution in [2.45, 2.75) is 39.3 Å². The molecule has 0 fully saturated rings. The highest BCUT2D eigenvalue weighted by Crippen LogP contribution is 2.25. The van der Waals surface area contributed by atoms with Crippen LogP contribution < -0.4 is 0 Å². The summed E-state index contributed by atoms with van der Waals surface area (Å²) >= 11 is 0. The number of ether oxygens (including phenoxy) is 2. The van der Waals surface area contributed by atoms with Gasteiger partial charge in [-0.3, -0.25) is 4.79 Å². The Morgan fingerprint density at radius 2 is 1.86 bits per heavy atom. The van der Waals surface area contributed by atoms with Crippen LogP contribution in [0.25, 0.3) is 0 Å². The number of hydrogen-bond acceptors (Lipinski definition) is 5. The summed E-state index contributed by atoms with van der Waals surface area (Å²) in [5.74, 6) is 1.59. The summed E-state index contributed by atoms with van der Waals surface area (Å²) in [6.45, 7) is 4.38. The number of carbonyl (C=O) groups excluding carboxylic acids is 3. The Hall–Kier alpha value is -3.01. The first-order valence-electron chi connectivity index (χ1n) is 9.39. The number of urea groups is 1. The fraction of sp³-hybridized carbons (Fsp3) is 0.476. The summed E-state index contributed by atoms with van der Waals surface area (Å²) in [5.41, 5.74) is 1.99. The van der Waals surface area contributed by atoms with Gasteiger partial charge in [-0.2, -0.15) is 0 Å². The molecule has 150 valence electrons. The third-order valence-corrected chi connectivity index (χ3v) is 4.50. The number of benzene rings is 1. The molecule has 0 unspecified atom stereocenters. The molecule has 0 N–H and O–H groups in total. The molecule has 1 aliphatic heterocycles. The number of nitrogens with zero attached hydrogens (tertiary/aromatic N) is 2. The number of rotatable bonds is 7. The van der Waals surface area contributed by atoms with Crippen molar-refractivity contribution in [2.75, 3.05) is 26.3 Å². The Balaban J connectivity index is 2.22. The van der Waals surface area contributed by atoms with Gasteiger partial charge >= 0.3 is 18.0 Å². The summed E-state index contributed by atoms with van der Waals surface area (Å²) in [6.07, 6.45) is 5.83. The van der Waals surface area contributed by atoms with Crippen LogP contribution in [0, 0.1) is 12.3 Å². The van der Waals surface area contributed by atoms with Crippen molar-refractivity contribution in [1.82, 2.24) is 9.80 Å². The van der Waals surface area contributed by atoms with Crippen molar-refractivity contribution in [3.8, 4) is 12.3 Å². The number of amides is 2. The van der Waals surface area contributed by atoms with E-state index in [2.05, 4.69) is 5.92 Å². The second kappa shape index (κ2) is 10.4. The number of carbonyl (C=O) groups is 3. The highest BCUT2D eigenvalue weighted by atomic mass is 16.5. The fourth-order valence-electron chi connectivity index (χ4n) is 3.17. The van der Waals surface area contributed by atoms with E-state index in [1.165, 1.54) is 9.80 Å². The lowest BCUT2D eigenvalue weighted by Gasteiger charge is -2.38. The van der Waals surface area contributed by atoms with E-state index in [9.17, 15) is 14.4 Å². The van der Waals surface area contributed by atoms with Gasteiger partial charge in [-0.15, -0.1) is 6.42 Å². The quantitative estimate of drug-likeness (QED) is 0.529. The largest absolute Gasteiger partial charge is 0.466 e. The molecule has 0 spiro atoms. The van der Waals surface area contributed by atoms with E-state index in [-0.39, 0.29) is 39.3 Å². The summed E-state index contributed by atoms with van der Waals surface area (Å²) in [5, 5.41) is 0. The number of hydrogen-bond donors (Lipinski definition) is 0. The molecule has 1 aliphatic rings. The highest BCUT2D eigenvalue weighted by molar-refractivity contribution is 5.85. The molecule has 0 aromatic heterocycles. The predicted molar refractivity (Wildman–Crippen MR) is 103 cm³/mol. The fourth-order valence-corrected chi connectivity index (χ4v) is 3.17. The maximum Gasteiger partial charge on any atom is 0.329 e. The molecule has 1 aromatic rings. The van der Waals surface area contributed by atoms with Crippen molar-refractivity contribution in [3.05, 3.63) is 35.4 Å². The van der Waals surface area contributed by atoms with E-state index >= 15 is 0 Å². The van der Waals surface area contributed by atoms with Gasteiger partial charge < -0.3 is 19.3 Å². The zero-order chi connectivity index (χ0) is 20.5. The van der Waals surface area contributed by atoms with E-state index in [4.69, 9.17) is 15.9 Å². The molecule has 1 heterocycles. The van der Waals surface area contributed by atoms with E-state index in [0.717, 1.165) is 11.1 Å². The number of terminal acetylenes is 1. The summed E-state index contributed by atoms with van der Waals surface area (Å²) in [7, 11) is 0. The zero-order valence-corrected chi connectivity index (χ0v) is 16.3. The third-order valence-electron chi connectivity index (χ3n) is 4.50. The van der Waals surface area contributed by atoms with Crippen LogP contribution in [0.4, 0.5) is 4.79 Å². The van der Waals surface area contributed by atoms with Crippen molar-refractivity contribution in [2.24, 2.45) is 0 Å². The Kier molecular flexibility index (Phi) is 7.88. The van der Waals surface area contributed by atoms with E-state index in [1.54, 1.807) is 13.8 Å². The predicted octanol–water partition coefficient (Wildman–Crippen LogP) is 1.98. The Labute approximate surface area is 165 Å². The molecule has 2 amide bonds. The monoisotopic (exact) mass is 386 g/mol. The van der Waals surface area contributed by atoms with E-state index < -0.39 is 24.0 Å². The van der Waals surface area contributed by atoms with Gasteiger partial charge in [0.15, 0.2) is 0 Å². The van der Waals surface area contributed by atoms with Gasteiger partial charge in [0.25, 0.3) is 0 Å². The van der Waals surface area contributed by atoms with Crippen LogP contribution >= 0.6 is 0 Å². The van der Waals surface area contributed by atoms with Gasteiger partial charge in [-0.05, 0) is 25.0 Å². The summed E-state index contributed by atoms with van der Waals surface area (Å²) < 4.78 is 10.1. The maximum atomic E-state index is 13.2. The smallest absolute Gasteiger partial charge is 0.329 e. The van der Waals surface area contributed by atoms with Crippen LogP contribution in [-0.2, 0) is 32.0 Å². The first-order valence-corrected chi connectivity index (χ1v) is 9.39. The van der Waals surface area contributed by atoms with Gasteiger partial charge in [0.1, 0.15) is 6.04 Å². The normalized spacial score (nSPS) is 15.2. The van der Waals surface area contributed by atoms with Crippen molar-refractivity contribution >= 4 is 18.0 Å². The molecule has 0 radical (unpaired) electrons.